The number of aromatic amines is 1. The Hall–Kier alpha value is -3.00. The highest BCUT2D eigenvalue weighted by Gasteiger charge is 1.99. The van der Waals surface area contributed by atoms with Gasteiger partial charge in [0.25, 0.3) is 5.56 Å². The van der Waals surface area contributed by atoms with E-state index in [-0.39, 0.29) is 11.5 Å². The largest absolute Gasteiger partial charge is 0.489 e. The molecule has 2 N–H and O–H groups in total. The number of benzene rings is 2. The summed E-state index contributed by atoms with van der Waals surface area (Å²) in [6, 6.07) is 15.5. The molecule has 0 aliphatic heterocycles. The monoisotopic (exact) mass is 413 g/mol. The summed E-state index contributed by atoms with van der Waals surface area (Å²) in [4.78, 5) is 14.0. The van der Waals surface area contributed by atoms with Gasteiger partial charge in [-0.1, -0.05) is 28.1 Å². The third kappa shape index (κ3) is 5.00. The Morgan fingerprint density at radius 2 is 1.88 bits per heavy atom. The average Bonchev–Trinajstić information content (AvgIpc) is 2.65. The Morgan fingerprint density at radius 3 is 2.58 bits per heavy atom. The van der Waals surface area contributed by atoms with Gasteiger partial charge in [-0.05, 0) is 54.4 Å². The topological polar surface area (TPSA) is 92.3 Å². The van der Waals surface area contributed by atoms with Gasteiger partial charge >= 0.3 is 0 Å². The Kier molecular flexibility index (Phi) is 5.75. The van der Waals surface area contributed by atoms with Gasteiger partial charge in [-0.2, -0.15) is 5.10 Å². The number of nitrogens with zero attached hydrogens (tertiary/aromatic N) is 3. The Bertz CT molecular complexity index is 953. The van der Waals surface area contributed by atoms with E-state index in [2.05, 4.69) is 41.6 Å². The Balaban J connectivity index is 1.54. The summed E-state index contributed by atoms with van der Waals surface area (Å²) in [6.07, 6.45) is 1.61. The van der Waals surface area contributed by atoms with Gasteiger partial charge in [0.1, 0.15) is 18.1 Å². The molecule has 0 atom stereocenters. The Labute approximate surface area is 158 Å². The quantitative estimate of drug-likeness (QED) is 0.477. The van der Waals surface area contributed by atoms with E-state index in [1.165, 1.54) is 0 Å². The second-order valence-electron chi connectivity index (χ2n) is 5.44. The number of rotatable bonds is 6. The lowest BCUT2D eigenvalue weighted by Crippen LogP contribution is -2.15. The van der Waals surface area contributed by atoms with Crippen molar-refractivity contribution < 1.29 is 4.74 Å². The zero-order valence-corrected chi connectivity index (χ0v) is 15.5. The molecule has 3 aromatic rings. The molecule has 0 aliphatic carbocycles. The molecule has 0 radical (unpaired) electrons. The van der Waals surface area contributed by atoms with Crippen LogP contribution in [-0.4, -0.2) is 21.4 Å². The van der Waals surface area contributed by atoms with Gasteiger partial charge in [0.05, 0.1) is 6.21 Å². The van der Waals surface area contributed by atoms with Gasteiger partial charge in [0.2, 0.25) is 5.95 Å². The van der Waals surface area contributed by atoms with Gasteiger partial charge in [-0.25, -0.2) is 5.43 Å². The number of anilines is 1. The van der Waals surface area contributed by atoms with Crippen molar-refractivity contribution >= 4 is 28.1 Å². The number of aromatic nitrogens is 3. The number of halogens is 1. The highest BCUT2D eigenvalue weighted by Crippen LogP contribution is 2.15. The van der Waals surface area contributed by atoms with Gasteiger partial charge in [0, 0.05) is 4.47 Å². The van der Waals surface area contributed by atoms with Crippen molar-refractivity contribution in [3.05, 3.63) is 80.2 Å². The van der Waals surface area contributed by atoms with Crippen molar-refractivity contribution in [3.63, 3.8) is 0 Å². The molecule has 0 fully saturated rings. The van der Waals surface area contributed by atoms with Gasteiger partial charge in [-0.15, -0.1) is 10.2 Å². The predicted molar refractivity (Wildman–Crippen MR) is 104 cm³/mol. The summed E-state index contributed by atoms with van der Waals surface area (Å²) in [5, 5.41) is 11.5. The number of aryl methyl sites for hydroxylation is 1. The third-order valence-electron chi connectivity index (χ3n) is 3.44. The van der Waals surface area contributed by atoms with Crippen LogP contribution in [0.25, 0.3) is 0 Å². The van der Waals surface area contributed by atoms with E-state index in [0.29, 0.717) is 12.3 Å². The van der Waals surface area contributed by atoms with Crippen LogP contribution in [0, 0.1) is 6.92 Å². The van der Waals surface area contributed by atoms with Crippen LogP contribution in [0.15, 0.2) is 62.9 Å². The highest BCUT2D eigenvalue weighted by atomic mass is 79.9. The second-order valence-corrected chi connectivity index (χ2v) is 6.36. The number of nitrogens with one attached hydrogen (secondary N) is 2. The van der Waals surface area contributed by atoms with Crippen molar-refractivity contribution in [2.45, 2.75) is 13.5 Å². The summed E-state index contributed by atoms with van der Waals surface area (Å²) in [6.45, 7) is 2.08. The number of hydrogen-bond acceptors (Lipinski definition) is 6. The number of H-pyrrole nitrogens is 1. The maximum Gasteiger partial charge on any atom is 0.274 e. The molecular formula is C18H16BrN5O2. The Morgan fingerprint density at radius 1 is 1.15 bits per heavy atom. The molecule has 0 aliphatic rings. The SMILES string of the molecule is Cc1nnc(N/N=C/c2ccc(OCc3ccc(Br)cc3)cc2)[nH]c1=O. The molecule has 2 aromatic carbocycles. The van der Waals surface area contributed by atoms with Crippen LogP contribution in [0.3, 0.4) is 0 Å². The molecule has 26 heavy (non-hydrogen) atoms. The van der Waals surface area contributed by atoms with Crippen LogP contribution in [0.2, 0.25) is 0 Å². The molecule has 0 bridgehead atoms. The summed E-state index contributed by atoms with van der Waals surface area (Å²) >= 11 is 3.41. The molecule has 3 rings (SSSR count). The van der Waals surface area contributed by atoms with Crippen molar-refractivity contribution in [1.29, 1.82) is 0 Å². The number of hydrogen-bond donors (Lipinski definition) is 2. The average molecular weight is 414 g/mol. The van der Waals surface area contributed by atoms with E-state index in [4.69, 9.17) is 4.74 Å². The predicted octanol–water partition coefficient (Wildman–Crippen LogP) is 3.26. The molecule has 0 saturated heterocycles. The van der Waals surface area contributed by atoms with E-state index in [1.54, 1.807) is 13.1 Å². The zero-order valence-electron chi connectivity index (χ0n) is 13.9. The third-order valence-corrected chi connectivity index (χ3v) is 3.97. The van der Waals surface area contributed by atoms with E-state index in [0.717, 1.165) is 21.3 Å². The lowest BCUT2D eigenvalue weighted by atomic mass is 10.2. The van der Waals surface area contributed by atoms with Crippen LogP contribution in [-0.2, 0) is 6.61 Å². The molecule has 7 nitrogen and oxygen atoms in total. The van der Waals surface area contributed by atoms with Crippen molar-refractivity contribution in [3.8, 4) is 5.75 Å². The first-order valence-electron chi connectivity index (χ1n) is 7.80. The first-order valence-corrected chi connectivity index (χ1v) is 8.59. The highest BCUT2D eigenvalue weighted by molar-refractivity contribution is 9.10. The molecule has 0 saturated carbocycles. The molecule has 8 heteroatoms. The molecule has 0 amide bonds. The fourth-order valence-corrected chi connectivity index (χ4v) is 2.27. The van der Waals surface area contributed by atoms with Gasteiger partial charge < -0.3 is 4.74 Å². The number of ether oxygens (including phenoxy) is 1. The number of hydrazone groups is 1. The maximum absolute atomic E-state index is 11.4. The summed E-state index contributed by atoms with van der Waals surface area (Å²) in [5.41, 5.74) is 4.60. The van der Waals surface area contributed by atoms with Crippen molar-refractivity contribution in [1.82, 2.24) is 15.2 Å². The van der Waals surface area contributed by atoms with E-state index < -0.39 is 0 Å². The molecule has 1 heterocycles. The molecule has 132 valence electrons. The van der Waals surface area contributed by atoms with Crippen LogP contribution in [0.1, 0.15) is 16.8 Å². The fraction of sp³-hybridized carbons (Fsp3) is 0.111. The first-order chi connectivity index (χ1) is 12.6. The van der Waals surface area contributed by atoms with Crippen molar-refractivity contribution in [2.75, 3.05) is 5.43 Å². The normalized spacial score (nSPS) is 10.8. The van der Waals surface area contributed by atoms with Crippen LogP contribution in [0.4, 0.5) is 5.95 Å². The standard InChI is InChI=1S/C18H16BrN5O2/c1-12-17(25)21-18(24-22-12)23-20-10-13-4-8-16(9-5-13)26-11-14-2-6-15(19)7-3-14/h2-10H,11H2,1H3,(H2,21,23,24,25)/b20-10+. The summed E-state index contributed by atoms with van der Waals surface area (Å²) in [5.74, 6) is 0.957. The van der Waals surface area contributed by atoms with Crippen LogP contribution in [0.5, 0.6) is 5.75 Å². The molecule has 1 aromatic heterocycles. The smallest absolute Gasteiger partial charge is 0.274 e. The van der Waals surface area contributed by atoms with E-state index >= 15 is 0 Å². The maximum atomic E-state index is 11.4. The first kappa shape index (κ1) is 17.8. The lowest BCUT2D eigenvalue weighted by molar-refractivity contribution is 0.306. The minimum Gasteiger partial charge on any atom is -0.489 e. The van der Waals surface area contributed by atoms with E-state index in [9.17, 15) is 4.79 Å². The van der Waals surface area contributed by atoms with Gasteiger partial charge in [0.15, 0.2) is 0 Å². The second kappa shape index (κ2) is 8.39. The minimum atomic E-state index is -0.301. The lowest BCUT2D eigenvalue weighted by Gasteiger charge is -2.06. The summed E-state index contributed by atoms with van der Waals surface area (Å²) in [7, 11) is 0. The van der Waals surface area contributed by atoms with Crippen molar-refractivity contribution in [2.24, 2.45) is 5.10 Å². The van der Waals surface area contributed by atoms with Crippen LogP contribution < -0.4 is 15.7 Å². The fourth-order valence-electron chi connectivity index (χ4n) is 2.01. The van der Waals surface area contributed by atoms with Gasteiger partial charge in [-0.3, -0.25) is 9.78 Å². The summed E-state index contributed by atoms with van der Waals surface area (Å²) < 4.78 is 6.79. The zero-order chi connectivity index (χ0) is 18.4. The molecule has 0 unspecified atom stereocenters. The van der Waals surface area contributed by atoms with Crippen LogP contribution >= 0.6 is 15.9 Å². The minimum absolute atomic E-state index is 0.186. The molecular weight excluding hydrogens is 398 g/mol. The van der Waals surface area contributed by atoms with E-state index in [1.807, 2.05) is 48.5 Å². The molecule has 0 spiro atoms.